The number of nitro groups is 1. The van der Waals surface area contributed by atoms with Gasteiger partial charge in [0.25, 0.3) is 23.4 Å². The molecular formula is C27H20N4O9. The molecule has 13 heteroatoms. The van der Waals surface area contributed by atoms with E-state index in [2.05, 4.69) is 5.32 Å². The molecule has 0 spiro atoms. The molecule has 1 aliphatic heterocycles. The van der Waals surface area contributed by atoms with E-state index < -0.39 is 40.7 Å². The first kappa shape index (κ1) is 27.3. The van der Waals surface area contributed by atoms with Gasteiger partial charge in [-0.25, -0.2) is 0 Å². The Labute approximate surface area is 226 Å². The summed E-state index contributed by atoms with van der Waals surface area (Å²) in [5, 5.41) is 23.2. The Bertz CT molecular complexity index is 1590. The second-order valence-electron chi connectivity index (χ2n) is 8.28. The molecule has 1 N–H and O–H groups in total. The zero-order valence-electron chi connectivity index (χ0n) is 20.9. The van der Waals surface area contributed by atoms with Gasteiger partial charge in [0.1, 0.15) is 23.0 Å². The molecule has 0 unspecified atom stereocenters. The molecule has 2 aromatic carbocycles. The van der Waals surface area contributed by atoms with Crippen molar-refractivity contribution in [3.8, 4) is 17.6 Å². The zero-order valence-corrected chi connectivity index (χ0v) is 20.9. The lowest BCUT2D eigenvalue weighted by Crippen LogP contribution is -2.32. The van der Waals surface area contributed by atoms with Crippen LogP contribution < -0.4 is 14.8 Å². The van der Waals surface area contributed by atoms with Gasteiger partial charge in [0.15, 0.2) is 11.5 Å². The van der Waals surface area contributed by atoms with Crippen molar-refractivity contribution in [2.24, 2.45) is 0 Å². The summed E-state index contributed by atoms with van der Waals surface area (Å²) in [6, 6.07) is 13.2. The van der Waals surface area contributed by atoms with E-state index in [-0.39, 0.29) is 41.3 Å². The first-order valence-corrected chi connectivity index (χ1v) is 11.7. The van der Waals surface area contributed by atoms with E-state index in [1.54, 1.807) is 12.1 Å². The lowest BCUT2D eigenvalue weighted by molar-refractivity contribution is -0.385. The van der Waals surface area contributed by atoms with Crippen molar-refractivity contribution >= 4 is 35.5 Å². The lowest BCUT2D eigenvalue weighted by Gasteiger charge is -2.14. The van der Waals surface area contributed by atoms with Crippen molar-refractivity contribution in [1.82, 2.24) is 10.2 Å². The van der Waals surface area contributed by atoms with Crippen molar-refractivity contribution < 1.29 is 38.0 Å². The first-order chi connectivity index (χ1) is 19.2. The third kappa shape index (κ3) is 5.70. The topological polar surface area (TPSA) is 182 Å². The second-order valence-corrected chi connectivity index (χ2v) is 8.28. The molecule has 0 atom stereocenters. The van der Waals surface area contributed by atoms with Crippen molar-refractivity contribution in [2.75, 3.05) is 13.7 Å². The Kier molecular flexibility index (Phi) is 8.00. The Morgan fingerprint density at radius 3 is 2.62 bits per heavy atom. The van der Waals surface area contributed by atoms with Gasteiger partial charge in [0, 0.05) is 12.6 Å². The van der Waals surface area contributed by atoms with E-state index in [4.69, 9.17) is 13.9 Å². The molecule has 2 heterocycles. The molecule has 40 heavy (non-hydrogen) atoms. The van der Waals surface area contributed by atoms with Crippen LogP contribution in [-0.4, -0.2) is 47.2 Å². The Morgan fingerprint density at radius 1 is 1.15 bits per heavy atom. The van der Waals surface area contributed by atoms with Crippen LogP contribution in [0.5, 0.6) is 11.5 Å². The molecular weight excluding hydrogens is 524 g/mol. The number of nitro benzene ring substituents is 1. The number of methoxy groups -OCH3 is 1. The molecule has 0 fully saturated rings. The molecule has 0 bridgehead atoms. The minimum atomic E-state index is -0.865. The van der Waals surface area contributed by atoms with Crippen molar-refractivity contribution in [1.29, 1.82) is 5.26 Å². The van der Waals surface area contributed by atoms with Gasteiger partial charge in [-0.15, -0.1) is 0 Å². The van der Waals surface area contributed by atoms with Gasteiger partial charge < -0.3 is 19.2 Å². The summed E-state index contributed by atoms with van der Waals surface area (Å²) in [7, 11) is 1.33. The predicted molar refractivity (Wildman–Crippen MR) is 136 cm³/mol. The summed E-state index contributed by atoms with van der Waals surface area (Å²) >= 11 is 0. The summed E-state index contributed by atoms with van der Waals surface area (Å²) in [4.78, 5) is 61.4. The molecule has 1 aliphatic rings. The number of esters is 1. The van der Waals surface area contributed by atoms with Crippen molar-refractivity contribution in [3.05, 3.63) is 92.9 Å². The van der Waals surface area contributed by atoms with E-state index in [1.807, 2.05) is 6.07 Å². The van der Waals surface area contributed by atoms with Gasteiger partial charge in [-0.3, -0.25) is 34.2 Å². The number of rotatable bonds is 10. The molecule has 4 rings (SSSR count). The number of nitrogens with one attached hydrogen (secondary N) is 1. The molecule has 13 nitrogen and oxygen atoms in total. The number of nitrogens with zero attached hydrogens (tertiary/aromatic N) is 3. The number of nitriles is 1. The first-order valence-electron chi connectivity index (χ1n) is 11.7. The van der Waals surface area contributed by atoms with Gasteiger partial charge in [-0.05, 0) is 42.0 Å². The lowest BCUT2D eigenvalue weighted by atomic mass is 10.1. The average molecular weight is 544 g/mol. The van der Waals surface area contributed by atoms with Crippen LogP contribution in [0.4, 0.5) is 5.69 Å². The fraction of sp³-hybridized carbons (Fsp3) is 0.148. The van der Waals surface area contributed by atoms with Gasteiger partial charge in [0.05, 0.1) is 36.8 Å². The average Bonchev–Trinajstić information content (AvgIpc) is 3.56. The molecule has 3 aromatic rings. The Morgan fingerprint density at radius 2 is 1.95 bits per heavy atom. The van der Waals surface area contributed by atoms with Crippen LogP contribution in [0.2, 0.25) is 0 Å². The smallest absolute Gasteiger partial charge is 0.313 e. The zero-order chi connectivity index (χ0) is 28.8. The van der Waals surface area contributed by atoms with E-state index in [0.717, 1.165) is 11.0 Å². The molecule has 1 aromatic heterocycles. The highest BCUT2D eigenvalue weighted by atomic mass is 16.6. The number of hydrogen-bond donors (Lipinski definition) is 1. The summed E-state index contributed by atoms with van der Waals surface area (Å²) in [5.41, 5.74) is -0.685. The number of carbonyl (C=O) groups excluding carboxylic acids is 4. The van der Waals surface area contributed by atoms with Crippen LogP contribution in [0.3, 0.4) is 0 Å². The predicted octanol–water partition coefficient (Wildman–Crippen LogP) is 3.01. The van der Waals surface area contributed by atoms with Crippen molar-refractivity contribution in [2.45, 2.75) is 13.0 Å². The number of benzene rings is 2. The number of hydrogen-bond acceptors (Lipinski definition) is 10. The van der Waals surface area contributed by atoms with Crippen LogP contribution in [0, 0.1) is 21.4 Å². The van der Waals surface area contributed by atoms with E-state index in [9.17, 15) is 34.6 Å². The largest absolute Gasteiger partial charge is 0.493 e. The fourth-order valence-corrected chi connectivity index (χ4v) is 3.90. The third-order valence-electron chi connectivity index (χ3n) is 5.80. The third-order valence-corrected chi connectivity index (χ3v) is 5.80. The molecule has 0 radical (unpaired) electrons. The van der Waals surface area contributed by atoms with Crippen LogP contribution in [0.25, 0.3) is 6.08 Å². The standard InChI is InChI=1S/C27H20N4O9/c1-38-22-13-16(12-17(14-28)25(33)29-15-18-4-3-11-39-18)7-8-21(22)40-23(32)9-10-30-26(34)19-5-2-6-20(31(36)37)24(19)27(30)35/h2-8,11-13H,9-10,15H2,1H3,(H,29,33)/b17-12+. The molecule has 0 saturated heterocycles. The maximum atomic E-state index is 12.7. The normalized spacial score (nSPS) is 12.5. The van der Waals surface area contributed by atoms with Gasteiger partial charge in [-0.1, -0.05) is 12.1 Å². The van der Waals surface area contributed by atoms with Gasteiger partial charge >= 0.3 is 5.97 Å². The number of furan rings is 1. The van der Waals surface area contributed by atoms with Gasteiger partial charge in [-0.2, -0.15) is 5.26 Å². The fourth-order valence-electron chi connectivity index (χ4n) is 3.90. The summed E-state index contributed by atoms with van der Waals surface area (Å²) in [6.45, 7) is -0.259. The second kappa shape index (κ2) is 11.7. The molecule has 0 saturated carbocycles. The quantitative estimate of drug-likeness (QED) is 0.0757. The minimum Gasteiger partial charge on any atom is -0.493 e. The monoisotopic (exact) mass is 544 g/mol. The summed E-state index contributed by atoms with van der Waals surface area (Å²) < 4.78 is 15.7. The van der Waals surface area contributed by atoms with Crippen molar-refractivity contribution in [3.63, 3.8) is 0 Å². The molecule has 202 valence electrons. The minimum absolute atomic E-state index is 0.0171. The van der Waals surface area contributed by atoms with Crippen LogP contribution >= 0.6 is 0 Å². The highest BCUT2D eigenvalue weighted by Crippen LogP contribution is 2.32. The van der Waals surface area contributed by atoms with Crippen LogP contribution in [0.1, 0.15) is 38.5 Å². The van der Waals surface area contributed by atoms with Crippen LogP contribution in [0.15, 0.2) is 64.8 Å². The van der Waals surface area contributed by atoms with E-state index in [0.29, 0.717) is 11.3 Å². The maximum absolute atomic E-state index is 12.7. The van der Waals surface area contributed by atoms with E-state index in [1.165, 1.54) is 49.8 Å². The highest BCUT2D eigenvalue weighted by molar-refractivity contribution is 6.23. The number of carbonyl (C=O) groups is 4. The van der Waals surface area contributed by atoms with Gasteiger partial charge in [0.2, 0.25) is 0 Å². The number of fused-ring (bicyclic) bond motifs is 1. The Balaban J connectivity index is 1.40. The SMILES string of the molecule is COc1cc(/C=C(\C#N)C(=O)NCc2ccco2)ccc1OC(=O)CCN1C(=O)c2cccc([N+](=O)[O-])c2C1=O. The van der Waals surface area contributed by atoms with Crippen LogP contribution in [-0.2, 0) is 16.1 Å². The number of imide groups is 1. The maximum Gasteiger partial charge on any atom is 0.313 e. The summed E-state index contributed by atoms with van der Waals surface area (Å²) in [5.74, 6) is -2.38. The number of amides is 3. The summed E-state index contributed by atoms with van der Waals surface area (Å²) in [6.07, 6.45) is 2.40. The van der Waals surface area contributed by atoms with E-state index >= 15 is 0 Å². The Hall–Kier alpha value is -5.77. The highest BCUT2D eigenvalue weighted by Gasteiger charge is 2.40. The number of ether oxygens (including phenoxy) is 2. The molecule has 3 amide bonds. The molecule has 0 aliphatic carbocycles.